The maximum atomic E-state index is 11.9. The zero-order valence-corrected chi connectivity index (χ0v) is 11.2. The van der Waals surface area contributed by atoms with Gasteiger partial charge in [-0.05, 0) is 37.9 Å². The lowest BCUT2D eigenvalue weighted by molar-refractivity contribution is -0.130. The van der Waals surface area contributed by atoms with Crippen LogP contribution >= 0.6 is 10.9 Å². The highest BCUT2D eigenvalue weighted by Gasteiger charge is 2.33. The summed E-state index contributed by atoms with van der Waals surface area (Å²) in [5.41, 5.74) is 0. The number of allylic oxidation sites excluding steroid dienone is 1. The molecule has 3 nitrogen and oxygen atoms in total. The van der Waals surface area contributed by atoms with Crippen LogP contribution in [-0.2, 0) is 9.59 Å². The summed E-state index contributed by atoms with van der Waals surface area (Å²) in [5.74, 6) is -0.00505. The molecule has 0 aromatic carbocycles. The monoisotopic (exact) mass is 243 g/mol. The van der Waals surface area contributed by atoms with E-state index < -0.39 is 10.9 Å². The van der Waals surface area contributed by atoms with Crippen molar-refractivity contribution in [3.63, 3.8) is 0 Å². The van der Waals surface area contributed by atoms with E-state index in [0.29, 0.717) is 0 Å². The van der Waals surface area contributed by atoms with E-state index in [2.05, 4.69) is 0 Å². The van der Waals surface area contributed by atoms with Crippen molar-refractivity contribution in [3.05, 3.63) is 12.2 Å². The van der Waals surface area contributed by atoms with Crippen LogP contribution in [0.3, 0.4) is 0 Å². The highest BCUT2D eigenvalue weighted by Crippen LogP contribution is 2.27. The first-order valence-electron chi connectivity index (χ1n) is 5.76. The molecule has 0 unspecified atom stereocenters. The molecule has 0 aromatic rings. The quantitative estimate of drug-likeness (QED) is 0.605. The molecule has 0 radical (unpaired) electrons. The van der Waals surface area contributed by atoms with Gasteiger partial charge in [-0.3, -0.25) is 9.59 Å². The highest BCUT2D eigenvalue weighted by molar-refractivity contribution is 8.28. The van der Waals surface area contributed by atoms with Crippen molar-refractivity contribution in [3.8, 4) is 0 Å². The van der Waals surface area contributed by atoms with E-state index in [0.717, 1.165) is 25.8 Å². The molecule has 1 fully saturated rings. The molecule has 4 heteroatoms. The molecule has 0 spiro atoms. The number of rotatable bonds is 3. The molecular formula is C12H21NO2S. The molecule has 0 aromatic heterocycles. The van der Waals surface area contributed by atoms with Crippen molar-refractivity contribution in [2.24, 2.45) is 0 Å². The summed E-state index contributed by atoms with van der Waals surface area (Å²) in [6.07, 6.45) is 10.0. The molecule has 0 saturated carbocycles. The first-order chi connectivity index (χ1) is 7.57. The van der Waals surface area contributed by atoms with Gasteiger partial charge in [-0.2, -0.15) is 10.9 Å². The van der Waals surface area contributed by atoms with E-state index in [1.165, 1.54) is 0 Å². The van der Waals surface area contributed by atoms with Crippen LogP contribution in [0.1, 0.15) is 26.2 Å². The van der Waals surface area contributed by atoms with Gasteiger partial charge in [0.25, 0.3) is 0 Å². The Hall–Kier alpha value is -0.770. The summed E-state index contributed by atoms with van der Waals surface area (Å²) in [6, 6.07) is -0.157. The SMILES string of the molecule is CC/C=C/C(=O)N1CCC[C@H]1C(=O)[SH](C)C. The Bertz CT molecular complexity index is 299. The summed E-state index contributed by atoms with van der Waals surface area (Å²) >= 11 is 0. The van der Waals surface area contributed by atoms with Gasteiger partial charge >= 0.3 is 0 Å². The highest BCUT2D eigenvalue weighted by atomic mass is 32.2. The Labute approximate surface area is 100 Å². The van der Waals surface area contributed by atoms with E-state index in [-0.39, 0.29) is 17.1 Å². The Morgan fingerprint density at radius 2 is 2.12 bits per heavy atom. The third-order valence-electron chi connectivity index (χ3n) is 2.76. The minimum atomic E-state index is -0.594. The topological polar surface area (TPSA) is 37.4 Å². The smallest absolute Gasteiger partial charge is 0.246 e. The lowest BCUT2D eigenvalue weighted by Crippen LogP contribution is -2.39. The summed E-state index contributed by atoms with van der Waals surface area (Å²) in [7, 11) is -0.594. The fraction of sp³-hybridized carbons (Fsp3) is 0.667. The number of hydrogen-bond donors (Lipinski definition) is 1. The lowest BCUT2D eigenvalue weighted by atomic mass is 10.2. The zero-order valence-electron chi connectivity index (χ0n) is 10.3. The number of carbonyl (C=O) groups is 2. The van der Waals surface area contributed by atoms with Crippen LogP contribution in [0.4, 0.5) is 0 Å². The van der Waals surface area contributed by atoms with Gasteiger partial charge in [0, 0.05) is 6.54 Å². The molecule has 1 amide bonds. The fourth-order valence-electron chi connectivity index (χ4n) is 1.90. The van der Waals surface area contributed by atoms with E-state index >= 15 is 0 Å². The van der Waals surface area contributed by atoms with Crippen LogP contribution in [0.2, 0.25) is 0 Å². The Kier molecular flexibility index (Phi) is 5.06. The van der Waals surface area contributed by atoms with Gasteiger partial charge < -0.3 is 4.90 Å². The van der Waals surface area contributed by atoms with E-state index in [4.69, 9.17) is 0 Å². The average molecular weight is 243 g/mol. The molecule has 1 aliphatic rings. The molecule has 1 saturated heterocycles. The Morgan fingerprint density at radius 1 is 1.44 bits per heavy atom. The molecule has 1 atom stereocenters. The largest absolute Gasteiger partial charge is 0.328 e. The maximum absolute atomic E-state index is 11.9. The second-order valence-corrected chi connectivity index (χ2v) is 6.46. The summed E-state index contributed by atoms with van der Waals surface area (Å²) in [6.45, 7) is 2.72. The molecule has 16 heavy (non-hydrogen) atoms. The van der Waals surface area contributed by atoms with Crippen molar-refractivity contribution >= 4 is 21.9 Å². The second-order valence-electron chi connectivity index (χ2n) is 4.23. The van der Waals surface area contributed by atoms with E-state index in [1.54, 1.807) is 11.0 Å². The van der Waals surface area contributed by atoms with E-state index in [1.807, 2.05) is 25.5 Å². The standard InChI is InChI=1S/C12H21NO2S/c1-4-5-8-11(14)13-9-6-7-10(13)12(15)16(2)3/h5,8,10,16H,4,6-7,9H2,1-3H3/b8-5+/t10-/m0/s1. The third kappa shape index (κ3) is 3.11. The van der Waals surface area contributed by atoms with Crippen molar-refractivity contribution < 1.29 is 9.59 Å². The summed E-state index contributed by atoms with van der Waals surface area (Å²) in [5, 5.41) is 0.255. The second kappa shape index (κ2) is 6.09. The number of thiol groups is 1. The van der Waals surface area contributed by atoms with Crippen molar-refractivity contribution in [1.29, 1.82) is 0 Å². The lowest BCUT2D eigenvalue weighted by Gasteiger charge is -2.24. The van der Waals surface area contributed by atoms with Crippen molar-refractivity contribution in [1.82, 2.24) is 4.90 Å². The number of hydrogen-bond acceptors (Lipinski definition) is 2. The van der Waals surface area contributed by atoms with Gasteiger partial charge in [0.05, 0.1) is 6.04 Å². The summed E-state index contributed by atoms with van der Waals surface area (Å²) in [4.78, 5) is 25.5. The van der Waals surface area contributed by atoms with E-state index in [9.17, 15) is 9.59 Å². The van der Waals surface area contributed by atoms with Crippen LogP contribution in [0.25, 0.3) is 0 Å². The zero-order chi connectivity index (χ0) is 12.1. The maximum Gasteiger partial charge on any atom is 0.246 e. The number of likely N-dealkylation sites (tertiary alicyclic amines) is 1. The van der Waals surface area contributed by atoms with Crippen LogP contribution in [0, 0.1) is 0 Å². The van der Waals surface area contributed by atoms with Gasteiger partial charge in [0.1, 0.15) is 0 Å². The molecule has 92 valence electrons. The minimum Gasteiger partial charge on any atom is -0.328 e. The Balaban J connectivity index is 2.69. The van der Waals surface area contributed by atoms with Gasteiger partial charge in [-0.25, -0.2) is 0 Å². The molecule has 0 N–H and O–H groups in total. The van der Waals surface area contributed by atoms with Gasteiger partial charge in [0.15, 0.2) is 5.12 Å². The number of nitrogens with zero attached hydrogens (tertiary/aromatic N) is 1. The number of carbonyl (C=O) groups excluding carboxylic acids is 2. The van der Waals surface area contributed by atoms with Crippen LogP contribution in [0.5, 0.6) is 0 Å². The van der Waals surface area contributed by atoms with Crippen molar-refractivity contribution in [2.75, 3.05) is 19.1 Å². The molecule has 0 aliphatic carbocycles. The van der Waals surface area contributed by atoms with Crippen molar-refractivity contribution in [2.45, 2.75) is 32.2 Å². The first kappa shape index (κ1) is 13.3. The predicted octanol–water partition coefficient (Wildman–Crippen LogP) is 1.73. The predicted molar refractivity (Wildman–Crippen MR) is 70.0 cm³/mol. The first-order valence-corrected chi connectivity index (χ1v) is 7.99. The average Bonchev–Trinajstić information content (AvgIpc) is 2.73. The Morgan fingerprint density at radius 3 is 2.69 bits per heavy atom. The van der Waals surface area contributed by atoms with Gasteiger partial charge in [0.2, 0.25) is 5.91 Å². The normalized spacial score (nSPS) is 21.6. The fourth-order valence-corrected chi connectivity index (χ4v) is 2.76. The molecule has 1 heterocycles. The molecule has 1 rings (SSSR count). The summed E-state index contributed by atoms with van der Waals surface area (Å²) < 4.78 is 0. The van der Waals surface area contributed by atoms with Crippen LogP contribution in [-0.4, -0.2) is 41.0 Å². The van der Waals surface area contributed by atoms with Gasteiger partial charge in [-0.1, -0.05) is 13.0 Å². The molecule has 1 aliphatic heterocycles. The third-order valence-corrected chi connectivity index (χ3v) is 3.94. The number of amides is 1. The van der Waals surface area contributed by atoms with Crippen LogP contribution < -0.4 is 0 Å². The van der Waals surface area contributed by atoms with Gasteiger partial charge in [-0.15, -0.1) is 0 Å². The minimum absolute atomic E-state index is 0.00505. The van der Waals surface area contributed by atoms with Crippen LogP contribution in [0.15, 0.2) is 12.2 Å². The molecular weight excluding hydrogens is 222 g/mol. The molecule has 0 bridgehead atoms.